The summed E-state index contributed by atoms with van der Waals surface area (Å²) >= 11 is 0. The van der Waals surface area contributed by atoms with Crippen LogP contribution in [0.5, 0.6) is 5.88 Å². The number of aromatic nitrogens is 2. The lowest BCUT2D eigenvalue weighted by Gasteiger charge is -2.28. The molecule has 0 aromatic carbocycles. The molecule has 2 saturated heterocycles. The zero-order chi connectivity index (χ0) is 14.3. The summed E-state index contributed by atoms with van der Waals surface area (Å²) in [6.07, 6.45) is 2.91. The molecule has 0 amide bonds. The quantitative estimate of drug-likeness (QED) is 0.778. The minimum absolute atomic E-state index is 0.0857. The summed E-state index contributed by atoms with van der Waals surface area (Å²) in [5.74, 6) is 0.711. The van der Waals surface area contributed by atoms with Gasteiger partial charge in [0.2, 0.25) is 5.88 Å². The van der Waals surface area contributed by atoms with Crippen LogP contribution in [0.15, 0.2) is 0 Å². The van der Waals surface area contributed by atoms with Gasteiger partial charge in [-0.15, -0.1) is 0 Å². The molecule has 3 rings (SSSR count). The van der Waals surface area contributed by atoms with Gasteiger partial charge < -0.3 is 9.47 Å². The largest absolute Gasteiger partial charge is 0.481 e. The second kappa shape index (κ2) is 5.09. The Morgan fingerprint density at radius 2 is 2.15 bits per heavy atom. The molecule has 0 saturated carbocycles. The van der Waals surface area contributed by atoms with Crippen LogP contribution in [0.25, 0.3) is 0 Å². The molecule has 0 spiro atoms. The van der Waals surface area contributed by atoms with Crippen molar-refractivity contribution in [2.45, 2.75) is 38.3 Å². The van der Waals surface area contributed by atoms with Gasteiger partial charge in [-0.2, -0.15) is 5.10 Å². The molecule has 0 unspecified atom stereocenters. The van der Waals surface area contributed by atoms with E-state index in [-0.39, 0.29) is 18.1 Å². The normalized spacial score (nSPS) is 27.1. The molecule has 2 aliphatic heterocycles. The highest BCUT2D eigenvalue weighted by Crippen LogP contribution is 2.41. The molecule has 1 aromatic rings. The Balaban J connectivity index is 1.94. The van der Waals surface area contributed by atoms with Crippen molar-refractivity contribution in [1.29, 1.82) is 0 Å². The number of rotatable bonds is 3. The van der Waals surface area contributed by atoms with E-state index in [1.165, 1.54) is 0 Å². The Morgan fingerprint density at radius 1 is 1.35 bits per heavy atom. The summed E-state index contributed by atoms with van der Waals surface area (Å²) in [7, 11) is 3.56. The van der Waals surface area contributed by atoms with Gasteiger partial charge in [0.1, 0.15) is 6.04 Å². The van der Waals surface area contributed by atoms with Crippen molar-refractivity contribution in [1.82, 2.24) is 14.7 Å². The number of likely N-dealkylation sites (tertiary alicyclic amines) is 1. The van der Waals surface area contributed by atoms with E-state index in [9.17, 15) is 4.79 Å². The number of carbonyl (C=O) groups is 1. The van der Waals surface area contributed by atoms with Gasteiger partial charge in [0.25, 0.3) is 0 Å². The van der Waals surface area contributed by atoms with Crippen molar-refractivity contribution in [3.05, 3.63) is 11.3 Å². The van der Waals surface area contributed by atoms with Crippen molar-refractivity contribution >= 4 is 5.97 Å². The molecule has 0 bridgehead atoms. The van der Waals surface area contributed by atoms with Crippen LogP contribution in [0, 0.1) is 6.92 Å². The summed E-state index contributed by atoms with van der Waals surface area (Å²) in [6, 6.07) is 0.0983. The van der Waals surface area contributed by atoms with Crippen LogP contribution < -0.4 is 4.74 Å². The van der Waals surface area contributed by atoms with Crippen molar-refractivity contribution in [3.63, 3.8) is 0 Å². The average Bonchev–Trinajstić information content (AvgIpc) is 3.08. The van der Waals surface area contributed by atoms with Crippen LogP contribution in [0.3, 0.4) is 0 Å². The number of esters is 1. The maximum absolute atomic E-state index is 11.9. The lowest BCUT2D eigenvalue weighted by atomic mass is 10.0. The predicted molar refractivity (Wildman–Crippen MR) is 72.5 cm³/mol. The molecule has 1 aromatic heterocycles. The van der Waals surface area contributed by atoms with Crippen LogP contribution in [0.2, 0.25) is 0 Å². The van der Waals surface area contributed by atoms with E-state index < -0.39 is 0 Å². The summed E-state index contributed by atoms with van der Waals surface area (Å²) in [4.78, 5) is 14.1. The van der Waals surface area contributed by atoms with Gasteiger partial charge in [-0.1, -0.05) is 0 Å². The molecule has 6 heteroatoms. The van der Waals surface area contributed by atoms with Gasteiger partial charge in [0.05, 0.1) is 25.0 Å². The molecule has 20 heavy (non-hydrogen) atoms. The first kappa shape index (κ1) is 13.4. The standard InChI is InChI=1S/C14H21N3O3/c1-9-12(13(19-3)16(2)15-9)10-5-4-7-17(10)11-6-8-20-14(11)18/h10-11H,4-8H2,1-3H3/t10-,11+/m1/s1. The molecule has 2 fully saturated rings. The van der Waals surface area contributed by atoms with Crippen molar-refractivity contribution in [3.8, 4) is 5.88 Å². The van der Waals surface area contributed by atoms with E-state index in [0.29, 0.717) is 6.61 Å². The third kappa shape index (κ3) is 1.98. The molecule has 2 atom stereocenters. The van der Waals surface area contributed by atoms with E-state index >= 15 is 0 Å². The van der Waals surface area contributed by atoms with Crippen LogP contribution in [0.4, 0.5) is 0 Å². The highest BCUT2D eigenvalue weighted by molar-refractivity contribution is 5.77. The smallest absolute Gasteiger partial charge is 0.323 e. The van der Waals surface area contributed by atoms with Crippen molar-refractivity contribution < 1.29 is 14.3 Å². The summed E-state index contributed by atoms with van der Waals surface area (Å²) < 4.78 is 12.4. The predicted octanol–water partition coefficient (Wildman–Crippen LogP) is 1.19. The number of hydrogen-bond acceptors (Lipinski definition) is 5. The van der Waals surface area contributed by atoms with Crippen LogP contribution in [0.1, 0.15) is 36.6 Å². The Kier molecular flexibility index (Phi) is 3.41. The second-order valence-corrected chi connectivity index (χ2v) is 5.50. The summed E-state index contributed by atoms with van der Waals surface area (Å²) in [5, 5.41) is 4.46. The molecule has 2 aliphatic rings. The highest BCUT2D eigenvalue weighted by atomic mass is 16.5. The maximum Gasteiger partial charge on any atom is 0.323 e. The van der Waals surface area contributed by atoms with Gasteiger partial charge >= 0.3 is 5.97 Å². The summed E-state index contributed by atoms with van der Waals surface area (Å²) in [6.45, 7) is 3.47. The monoisotopic (exact) mass is 279 g/mol. The number of methoxy groups -OCH3 is 1. The molecule has 0 aliphatic carbocycles. The molecule has 6 nitrogen and oxygen atoms in total. The fourth-order valence-corrected chi connectivity index (χ4v) is 3.54. The zero-order valence-corrected chi connectivity index (χ0v) is 12.3. The van der Waals surface area contributed by atoms with Gasteiger partial charge in [-0.25, -0.2) is 4.68 Å². The number of ether oxygens (including phenoxy) is 2. The zero-order valence-electron chi connectivity index (χ0n) is 12.3. The molecule has 110 valence electrons. The Morgan fingerprint density at radius 3 is 2.80 bits per heavy atom. The topological polar surface area (TPSA) is 56.6 Å². The molecular formula is C14H21N3O3. The maximum atomic E-state index is 11.9. The molecule has 3 heterocycles. The Labute approximate surface area is 118 Å². The summed E-state index contributed by atoms with van der Waals surface area (Å²) in [5.41, 5.74) is 2.10. The highest BCUT2D eigenvalue weighted by Gasteiger charge is 2.41. The van der Waals surface area contributed by atoms with Crippen LogP contribution >= 0.6 is 0 Å². The minimum atomic E-state index is -0.105. The van der Waals surface area contributed by atoms with E-state index in [0.717, 1.165) is 42.9 Å². The lowest BCUT2D eigenvalue weighted by Crippen LogP contribution is -2.38. The first-order valence-corrected chi connectivity index (χ1v) is 7.13. The van der Waals surface area contributed by atoms with E-state index in [4.69, 9.17) is 9.47 Å². The average molecular weight is 279 g/mol. The minimum Gasteiger partial charge on any atom is -0.481 e. The SMILES string of the molecule is COc1c([C@H]2CCCN2[C@H]2CCOC2=O)c(C)nn1C. The van der Waals surface area contributed by atoms with E-state index in [1.807, 2.05) is 14.0 Å². The third-order valence-electron chi connectivity index (χ3n) is 4.34. The number of aryl methyl sites for hydroxylation is 2. The van der Waals surface area contributed by atoms with Gasteiger partial charge in [-0.05, 0) is 26.3 Å². The molecule has 0 radical (unpaired) electrons. The molecule has 0 N–H and O–H groups in total. The first-order chi connectivity index (χ1) is 9.63. The number of cyclic esters (lactones) is 1. The number of hydrogen-bond donors (Lipinski definition) is 0. The molecular weight excluding hydrogens is 258 g/mol. The third-order valence-corrected chi connectivity index (χ3v) is 4.34. The van der Waals surface area contributed by atoms with Crippen LogP contribution in [-0.2, 0) is 16.6 Å². The van der Waals surface area contributed by atoms with Crippen molar-refractivity contribution in [2.75, 3.05) is 20.3 Å². The van der Waals surface area contributed by atoms with Crippen molar-refractivity contribution in [2.24, 2.45) is 7.05 Å². The van der Waals surface area contributed by atoms with E-state index in [2.05, 4.69) is 10.00 Å². The fraction of sp³-hybridized carbons (Fsp3) is 0.714. The fourth-order valence-electron chi connectivity index (χ4n) is 3.54. The van der Waals surface area contributed by atoms with Gasteiger partial charge in [-0.3, -0.25) is 9.69 Å². The van der Waals surface area contributed by atoms with E-state index in [1.54, 1.807) is 11.8 Å². The Hall–Kier alpha value is -1.56. The van der Waals surface area contributed by atoms with Gasteiger partial charge in [0.15, 0.2) is 0 Å². The van der Waals surface area contributed by atoms with Crippen LogP contribution in [-0.4, -0.2) is 47.0 Å². The second-order valence-electron chi connectivity index (χ2n) is 5.50. The first-order valence-electron chi connectivity index (χ1n) is 7.13. The lowest BCUT2D eigenvalue weighted by molar-refractivity contribution is -0.142. The number of nitrogens with zero attached hydrogens (tertiary/aromatic N) is 3. The number of carbonyl (C=O) groups excluding carboxylic acids is 1. The Bertz CT molecular complexity index is 526. The van der Waals surface area contributed by atoms with Gasteiger partial charge in [0, 0.05) is 19.5 Å².